The van der Waals surface area contributed by atoms with Crippen molar-refractivity contribution >= 4 is 5.94 Å². The zero-order valence-corrected chi connectivity index (χ0v) is 6.80. The van der Waals surface area contributed by atoms with Crippen molar-refractivity contribution in [1.82, 2.24) is 4.90 Å². The minimum absolute atomic E-state index is 0.434. The van der Waals surface area contributed by atoms with E-state index in [-0.39, 0.29) is 0 Å². The highest BCUT2D eigenvalue weighted by Crippen LogP contribution is 2.07. The van der Waals surface area contributed by atoms with Gasteiger partial charge in [-0.25, -0.2) is 4.79 Å². The molecule has 3 nitrogen and oxygen atoms in total. The van der Waals surface area contributed by atoms with Crippen molar-refractivity contribution in [2.45, 2.75) is 13.3 Å². The first kappa shape index (κ1) is 8.31. The lowest BCUT2D eigenvalue weighted by atomic mass is 10.3. The normalized spacial score (nSPS) is 18.3. The summed E-state index contributed by atoms with van der Waals surface area (Å²) >= 11 is 0. The summed E-state index contributed by atoms with van der Waals surface area (Å²) in [5, 5.41) is 0. The van der Waals surface area contributed by atoms with Crippen LogP contribution in [0.1, 0.15) is 13.3 Å². The fourth-order valence-corrected chi connectivity index (χ4v) is 1.18. The minimum atomic E-state index is 0.434. The molecule has 1 heterocycles. The second-order valence-electron chi connectivity index (χ2n) is 2.59. The Bertz CT molecular complexity index is 171. The third-order valence-electron chi connectivity index (χ3n) is 1.74. The van der Waals surface area contributed by atoms with Crippen LogP contribution in [0.25, 0.3) is 0 Å². The molecule has 0 aliphatic carbocycles. The zero-order valence-electron chi connectivity index (χ0n) is 6.80. The van der Waals surface area contributed by atoms with Gasteiger partial charge in [-0.15, -0.1) is 0 Å². The van der Waals surface area contributed by atoms with Gasteiger partial charge in [0.05, 0.1) is 13.2 Å². The van der Waals surface area contributed by atoms with Gasteiger partial charge >= 0.3 is 0 Å². The Hall–Kier alpha value is -0.790. The van der Waals surface area contributed by atoms with Crippen LogP contribution in [0.5, 0.6) is 0 Å². The molecule has 62 valence electrons. The molecule has 1 aliphatic rings. The molecular formula is C8H13NO2. The van der Waals surface area contributed by atoms with Crippen molar-refractivity contribution in [3.8, 4) is 0 Å². The number of morpholine rings is 1. The van der Waals surface area contributed by atoms with E-state index in [1.807, 2.05) is 10.8 Å². The molecular weight excluding hydrogens is 142 g/mol. The Morgan fingerprint density at radius 2 is 2.55 bits per heavy atom. The molecule has 0 aromatic rings. The van der Waals surface area contributed by atoms with E-state index in [0.717, 1.165) is 26.1 Å². The van der Waals surface area contributed by atoms with Gasteiger partial charge in [-0.3, -0.25) is 0 Å². The molecule has 3 heteroatoms. The van der Waals surface area contributed by atoms with Gasteiger partial charge in [0.1, 0.15) is 11.6 Å². The van der Waals surface area contributed by atoms with Gasteiger partial charge in [0.2, 0.25) is 0 Å². The maximum absolute atomic E-state index is 10.4. The third kappa shape index (κ3) is 2.07. The van der Waals surface area contributed by atoms with Crippen LogP contribution in [0, 0.1) is 0 Å². The maximum Gasteiger partial charge on any atom is 0.148 e. The molecule has 0 amide bonds. The van der Waals surface area contributed by atoms with Crippen molar-refractivity contribution < 1.29 is 9.53 Å². The van der Waals surface area contributed by atoms with Gasteiger partial charge in [-0.1, -0.05) is 6.92 Å². The third-order valence-corrected chi connectivity index (χ3v) is 1.74. The van der Waals surface area contributed by atoms with Gasteiger partial charge in [0.25, 0.3) is 0 Å². The van der Waals surface area contributed by atoms with E-state index in [1.165, 1.54) is 0 Å². The van der Waals surface area contributed by atoms with E-state index in [2.05, 4.69) is 6.92 Å². The summed E-state index contributed by atoms with van der Waals surface area (Å²) in [6.07, 6.45) is 1.06. The van der Waals surface area contributed by atoms with E-state index in [4.69, 9.17) is 4.74 Å². The van der Waals surface area contributed by atoms with Crippen LogP contribution in [0.2, 0.25) is 0 Å². The van der Waals surface area contributed by atoms with Crippen molar-refractivity contribution in [3.05, 3.63) is 5.70 Å². The summed E-state index contributed by atoms with van der Waals surface area (Å²) in [5.41, 5.74) is 0.665. The first-order valence-corrected chi connectivity index (χ1v) is 3.95. The minimum Gasteiger partial charge on any atom is -0.373 e. The fraction of sp³-hybridized carbons (Fsp3) is 0.750. The highest BCUT2D eigenvalue weighted by Gasteiger charge is 2.14. The molecule has 0 unspecified atom stereocenters. The molecule has 1 fully saturated rings. The Morgan fingerprint density at radius 3 is 3.18 bits per heavy atom. The SMILES string of the molecule is CCCN1CCOCC1=C=O. The van der Waals surface area contributed by atoms with Gasteiger partial charge < -0.3 is 9.64 Å². The first-order chi connectivity index (χ1) is 5.38. The number of hydrogen-bond acceptors (Lipinski definition) is 3. The van der Waals surface area contributed by atoms with Crippen LogP contribution < -0.4 is 0 Å². The van der Waals surface area contributed by atoms with Crippen molar-refractivity contribution in [2.24, 2.45) is 0 Å². The van der Waals surface area contributed by atoms with Crippen LogP contribution in [-0.4, -0.2) is 37.1 Å². The molecule has 0 atom stereocenters. The van der Waals surface area contributed by atoms with E-state index in [0.29, 0.717) is 12.3 Å². The van der Waals surface area contributed by atoms with Crippen molar-refractivity contribution in [2.75, 3.05) is 26.3 Å². The largest absolute Gasteiger partial charge is 0.373 e. The zero-order chi connectivity index (χ0) is 8.10. The van der Waals surface area contributed by atoms with Crippen LogP contribution in [0.15, 0.2) is 5.70 Å². The summed E-state index contributed by atoms with van der Waals surface area (Å²) in [4.78, 5) is 12.4. The lowest BCUT2D eigenvalue weighted by molar-refractivity contribution is 0.0751. The van der Waals surface area contributed by atoms with E-state index < -0.39 is 0 Å². The highest BCUT2D eigenvalue weighted by molar-refractivity contribution is 5.52. The van der Waals surface area contributed by atoms with Gasteiger partial charge in [-0.05, 0) is 6.42 Å². The van der Waals surface area contributed by atoms with Crippen molar-refractivity contribution in [3.63, 3.8) is 0 Å². The van der Waals surface area contributed by atoms with E-state index in [1.54, 1.807) is 0 Å². The number of carbonyl (C=O) groups excluding carboxylic acids is 1. The Morgan fingerprint density at radius 1 is 1.73 bits per heavy atom. The van der Waals surface area contributed by atoms with Gasteiger partial charge in [0.15, 0.2) is 0 Å². The predicted octanol–water partition coefficient (Wildman–Crippen LogP) is 0.444. The molecule has 0 saturated carbocycles. The van der Waals surface area contributed by atoms with E-state index in [9.17, 15) is 4.79 Å². The quantitative estimate of drug-likeness (QED) is 0.542. The lowest BCUT2D eigenvalue weighted by Crippen LogP contribution is -2.35. The topological polar surface area (TPSA) is 29.5 Å². The summed E-state index contributed by atoms with van der Waals surface area (Å²) in [6, 6.07) is 0. The van der Waals surface area contributed by atoms with Gasteiger partial charge in [0, 0.05) is 13.1 Å². The molecule has 0 bridgehead atoms. The van der Waals surface area contributed by atoms with Crippen LogP contribution in [0.3, 0.4) is 0 Å². The van der Waals surface area contributed by atoms with Crippen LogP contribution in [-0.2, 0) is 9.53 Å². The molecule has 0 radical (unpaired) electrons. The molecule has 0 N–H and O–H groups in total. The first-order valence-electron chi connectivity index (χ1n) is 3.95. The van der Waals surface area contributed by atoms with E-state index >= 15 is 0 Å². The average Bonchev–Trinajstić information content (AvgIpc) is 2.06. The lowest BCUT2D eigenvalue weighted by Gasteiger charge is -2.28. The second-order valence-corrected chi connectivity index (χ2v) is 2.59. The Kier molecular flexibility index (Phi) is 3.14. The average molecular weight is 155 g/mol. The number of nitrogens with zero attached hydrogens (tertiary/aromatic N) is 1. The molecule has 1 rings (SSSR count). The second kappa shape index (κ2) is 4.16. The Labute approximate surface area is 66.6 Å². The van der Waals surface area contributed by atoms with Crippen LogP contribution >= 0.6 is 0 Å². The van der Waals surface area contributed by atoms with Gasteiger partial charge in [-0.2, -0.15) is 0 Å². The molecule has 0 aromatic carbocycles. The summed E-state index contributed by atoms with van der Waals surface area (Å²) in [7, 11) is 0. The number of rotatable bonds is 2. The maximum atomic E-state index is 10.4. The standard InChI is InChI=1S/C8H13NO2/c1-2-3-9-4-5-11-7-8(9)6-10/h2-5,7H2,1H3. The van der Waals surface area contributed by atoms with Crippen molar-refractivity contribution in [1.29, 1.82) is 0 Å². The highest BCUT2D eigenvalue weighted by atomic mass is 16.5. The number of ether oxygens (including phenoxy) is 1. The molecule has 0 spiro atoms. The Balaban J connectivity index is 2.52. The number of hydrogen-bond donors (Lipinski definition) is 0. The summed E-state index contributed by atoms with van der Waals surface area (Å²) in [5.74, 6) is 1.91. The molecule has 1 aliphatic heterocycles. The fourth-order valence-electron chi connectivity index (χ4n) is 1.18. The molecule has 11 heavy (non-hydrogen) atoms. The monoisotopic (exact) mass is 155 g/mol. The molecule has 0 aromatic heterocycles. The predicted molar refractivity (Wildman–Crippen MR) is 41.9 cm³/mol. The van der Waals surface area contributed by atoms with Crippen LogP contribution in [0.4, 0.5) is 0 Å². The summed E-state index contributed by atoms with van der Waals surface area (Å²) < 4.78 is 5.11. The smallest absolute Gasteiger partial charge is 0.148 e. The molecule has 1 saturated heterocycles. The summed E-state index contributed by atoms with van der Waals surface area (Å²) in [6.45, 7) is 5.03.